The number of aryl methyl sites for hydroxylation is 2. The first kappa shape index (κ1) is 25.3. The maximum Gasteiger partial charge on any atom is 0.500 e. The van der Waals surface area contributed by atoms with Gasteiger partial charge in [0.05, 0.1) is 23.2 Å². The second-order valence-electron chi connectivity index (χ2n) is 7.02. The molecule has 0 radical (unpaired) electrons. The molecule has 0 aliphatic rings. The highest BCUT2D eigenvalue weighted by Crippen LogP contribution is 2.18. The summed E-state index contributed by atoms with van der Waals surface area (Å²) in [5.74, 6) is -0.278. The molecule has 0 spiro atoms. The van der Waals surface area contributed by atoms with Crippen LogP contribution in [0, 0.1) is 0 Å². The van der Waals surface area contributed by atoms with Gasteiger partial charge < -0.3 is 17.8 Å². The summed E-state index contributed by atoms with van der Waals surface area (Å²) < 4.78 is 52.2. The summed E-state index contributed by atoms with van der Waals surface area (Å²) in [4.78, 5) is 0. The number of unbranched alkanes of at least 4 members (excludes halogenated alkanes) is 6. The lowest BCUT2D eigenvalue weighted by molar-refractivity contribution is -0.696. The summed E-state index contributed by atoms with van der Waals surface area (Å²) in [5.41, 5.74) is 0. The number of nitrogens with zero attached hydrogens (tertiary/aromatic N) is 2. The lowest BCUT2D eigenvalue weighted by Gasteiger charge is -2.24. The number of aromatic nitrogens is 2. The first-order chi connectivity index (χ1) is 13.3. The quantitative estimate of drug-likeness (QED) is 0.161. The van der Waals surface area contributed by atoms with E-state index in [1.54, 1.807) is 21.3 Å². The van der Waals surface area contributed by atoms with Gasteiger partial charge in [-0.15, -0.1) is 0 Å². The van der Waals surface area contributed by atoms with Crippen molar-refractivity contribution in [3.63, 3.8) is 0 Å². The van der Waals surface area contributed by atoms with Crippen LogP contribution in [0.25, 0.3) is 0 Å². The van der Waals surface area contributed by atoms with E-state index in [1.807, 2.05) is 23.3 Å². The molecule has 1 aromatic heterocycles. The van der Waals surface area contributed by atoms with Gasteiger partial charge in [0.25, 0.3) is 0 Å². The molecule has 0 N–H and O–H groups in total. The Morgan fingerprint density at radius 2 is 1.54 bits per heavy atom. The molecular formula is C18H36N2O6SSi. The van der Waals surface area contributed by atoms with E-state index in [0.717, 1.165) is 38.4 Å². The Morgan fingerprint density at radius 3 is 2.14 bits per heavy atom. The van der Waals surface area contributed by atoms with Crippen LogP contribution in [-0.2, 0) is 36.5 Å². The molecule has 8 nitrogen and oxygen atoms in total. The number of hydrogen-bond acceptors (Lipinski definition) is 6. The highest BCUT2D eigenvalue weighted by atomic mass is 32.2. The van der Waals surface area contributed by atoms with Gasteiger partial charge in [-0.2, -0.15) is 0 Å². The Morgan fingerprint density at radius 1 is 0.929 bits per heavy atom. The van der Waals surface area contributed by atoms with Crippen LogP contribution in [-0.4, -0.2) is 53.4 Å². The summed E-state index contributed by atoms with van der Waals surface area (Å²) in [5, 5.41) is 0. The van der Waals surface area contributed by atoms with Gasteiger partial charge in [-0.05, 0) is 32.1 Å². The Hall–Kier alpha value is -0.783. The zero-order chi connectivity index (χ0) is 20.9. The second kappa shape index (κ2) is 13.4. The molecule has 28 heavy (non-hydrogen) atoms. The molecule has 0 bridgehead atoms. The minimum absolute atomic E-state index is 0.278. The monoisotopic (exact) mass is 436 g/mol. The van der Waals surface area contributed by atoms with Crippen molar-refractivity contribution in [1.29, 1.82) is 0 Å². The Bertz CT molecular complexity index is 626. The first-order valence-electron chi connectivity index (χ1n) is 9.98. The van der Waals surface area contributed by atoms with Crippen molar-refractivity contribution in [2.24, 2.45) is 0 Å². The standard InChI is InChI=1S/C18H36N2O6SSi/c1-24-28(25-2,26-3)17-11-7-5-4-6-8-12-19-14-15-20(18-19)13-9-10-16-27(21,22)23/h14-15,18H,4-13,16-17H2,1-3H3. The van der Waals surface area contributed by atoms with E-state index in [1.165, 1.54) is 19.3 Å². The van der Waals surface area contributed by atoms with Crippen molar-refractivity contribution in [1.82, 2.24) is 4.57 Å². The van der Waals surface area contributed by atoms with E-state index in [4.69, 9.17) is 13.3 Å². The van der Waals surface area contributed by atoms with Gasteiger partial charge >= 0.3 is 8.80 Å². The van der Waals surface area contributed by atoms with Gasteiger partial charge in [0.15, 0.2) is 0 Å². The van der Waals surface area contributed by atoms with Crippen molar-refractivity contribution >= 4 is 18.9 Å². The third-order valence-electron chi connectivity index (χ3n) is 4.89. The number of rotatable bonds is 17. The molecular weight excluding hydrogens is 400 g/mol. The summed E-state index contributed by atoms with van der Waals surface area (Å²) in [6.45, 7) is 1.72. The maximum absolute atomic E-state index is 10.6. The number of imidazole rings is 1. The van der Waals surface area contributed by atoms with Crippen molar-refractivity contribution in [2.45, 2.75) is 70.5 Å². The van der Waals surface area contributed by atoms with Crippen LogP contribution in [0.3, 0.4) is 0 Å². The predicted molar refractivity (Wildman–Crippen MR) is 108 cm³/mol. The smallest absolute Gasteiger partial charge is 0.500 e. The molecule has 1 heterocycles. The molecule has 1 aromatic rings. The SMILES string of the molecule is CO[Si](CCCCCCCC[n+]1ccn(CCCCS(=O)(=O)[O-])c1)(OC)OC. The highest BCUT2D eigenvalue weighted by molar-refractivity contribution is 7.85. The summed E-state index contributed by atoms with van der Waals surface area (Å²) in [6.07, 6.45) is 14.1. The lowest BCUT2D eigenvalue weighted by atomic mass is 10.1. The van der Waals surface area contributed by atoms with E-state index in [0.29, 0.717) is 12.8 Å². The summed E-state index contributed by atoms with van der Waals surface area (Å²) in [7, 11) is -1.54. The van der Waals surface area contributed by atoms with Gasteiger partial charge in [-0.25, -0.2) is 17.6 Å². The van der Waals surface area contributed by atoms with Crippen molar-refractivity contribution in [3.05, 3.63) is 18.7 Å². The van der Waals surface area contributed by atoms with Gasteiger partial charge in [0.2, 0.25) is 6.33 Å². The van der Waals surface area contributed by atoms with E-state index < -0.39 is 18.9 Å². The third kappa shape index (κ3) is 10.7. The molecule has 10 heteroatoms. The average Bonchev–Trinajstić information content (AvgIpc) is 3.12. The van der Waals surface area contributed by atoms with E-state index in [-0.39, 0.29) is 5.75 Å². The first-order valence-corrected chi connectivity index (χ1v) is 13.5. The largest absolute Gasteiger partial charge is 0.748 e. The molecule has 0 saturated heterocycles. The van der Waals surface area contributed by atoms with Gasteiger partial charge in [0, 0.05) is 33.1 Å². The number of hydrogen-bond donors (Lipinski definition) is 0. The van der Waals surface area contributed by atoms with Crippen LogP contribution in [0.5, 0.6) is 0 Å². The van der Waals surface area contributed by atoms with Crippen molar-refractivity contribution in [2.75, 3.05) is 27.1 Å². The van der Waals surface area contributed by atoms with Gasteiger partial charge in [-0.3, -0.25) is 0 Å². The molecule has 0 aromatic carbocycles. The Balaban J connectivity index is 2.07. The van der Waals surface area contributed by atoms with Crippen molar-refractivity contribution in [3.8, 4) is 0 Å². The fraction of sp³-hybridized carbons (Fsp3) is 0.833. The fourth-order valence-electron chi connectivity index (χ4n) is 3.18. The molecule has 0 unspecified atom stereocenters. The van der Waals surface area contributed by atoms with Gasteiger partial charge in [0.1, 0.15) is 12.4 Å². The van der Waals surface area contributed by atoms with Crippen molar-refractivity contribution < 1.29 is 30.8 Å². The molecule has 0 saturated carbocycles. The zero-order valence-electron chi connectivity index (χ0n) is 17.5. The topological polar surface area (TPSA) is 93.7 Å². The minimum Gasteiger partial charge on any atom is -0.748 e. The normalized spacial score (nSPS) is 12.6. The second-order valence-corrected chi connectivity index (χ2v) is 11.6. The molecule has 0 atom stereocenters. The summed E-state index contributed by atoms with van der Waals surface area (Å²) >= 11 is 0. The van der Waals surface area contributed by atoms with Crippen LogP contribution < -0.4 is 4.57 Å². The van der Waals surface area contributed by atoms with Crippen LogP contribution in [0.1, 0.15) is 51.4 Å². The third-order valence-corrected chi connectivity index (χ3v) is 8.51. The Labute approximate surface area is 170 Å². The molecule has 0 fully saturated rings. The molecule has 0 amide bonds. The molecule has 0 aliphatic carbocycles. The minimum atomic E-state index is -4.09. The van der Waals surface area contributed by atoms with Gasteiger partial charge in [-0.1, -0.05) is 19.3 Å². The Kier molecular flexibility index (Phi) is 12.1. The lowest BCUT2D eigenvalue weighted by Crippen LogP contribution is -2.42. The highest BCUT2D eigenvalue weighted by Gasteiger charge is 2.36. The molecule has 164 valence electrons. The van der Waals surface area contributed by atoms with Crippen LogP contribution in [0.15, 0.2) is 18.7 Å². The average molecular weight is 437 g/mol. The van der Waals surface area contributed by atoms with Crippen LogP contribution in [0.4, 0.5) is 0 Å². The van der Waals surface area contributed by atoms with Crippen LogP contribution in [0.2, 0.25) is 6.04 Å². The fourth-order valence-corrected chi connectivity index (χ4v) is 5.53. The molecule has 1 rings (SSSR count). The predicted octanol–water partition coefficient (Wildman–Crippen LogP) is 2.32. The van der Waals surface area contributed by atoms with E-state index in [2.05, 4.69) is 4.57 Å². The maximum atomic E-state index is 10.6. The molecule has 0 aliphatic heterocycles. The summed E-state index contributed by atoms with van der Waals surface area (Å²) in [6, 6.07) is 0.862. The van der Waals surface area contributed by atoms with E-state index in [9.17, 15) is 13.0 Å². The van der Waals surface area contributed by atoms with E-state index >= 15 is 0 Å². The zero-order valence-corrected chi connectivity index (χ0v) is 19.3. The van der Waals surface area contributed by atoms with Crippen LogP contribution >= 0.6 is 0 Å².